The van der Waals surface area contributed by atoms with Gasteiger partial charge in [-0.25, -0.2) is 4.68 Å². The molecule has 2 heterocycles. The van der Waals surface area contributed by atoms with Gasteiger partial charge in [0, 0.05) is 5.69 Å². The fourth-order valence-corrected chi connectivity index (χ4v) is 2.03. The van der Waals surface area contributed by atoms with Crippen LogP contribution in [-0.2, 0) is 0 Å². The zero-order valence-electron chi connectivity index (χ0n) is 11.3. The summed E-state index contributed by atoms with van der Waals surface area (Å²) in [7, 11) is 0. The van der Waals surface area contributed by atoms with Crippen LogP contribution in [0.1, 0.15) is 24.3 Å². The zero-order chi connectivity index (χ0) is 13.9. The maximum absolute atomic E-state index is 5.41. The molecule has 0 amide bonds. The van der Waals surface area contributed by atoms with Crippen molar-refractivity contribution >= 4 is 5.69 Å². The molecule has 0 aliphatic heterocycles. The van der Waals surface area contributed by atoms with Gasteiger partial charge in [0.2, 0.25) is 0 Å². The Bertz CT molecular complexity index is 676. The normalized spacial score (nSPS) is 12.3. The van der Waals surface area contributed by atoms with Crippen LogP contribution in [0.5, 0.6) is 0 Å². The van der Waals surface area contributed by atoms with Crippen molar-refractivity contribution in [3.8, 4) is 5.69 Å². The fraction of sp³-hybridized carbons (Fsp3) is 0.214. The quantitative estimate of drug-likeness (QED) is 0.788. The van der Waals surface area contributed by atoms with E-state index in [1.165, 1.54) is 0 Å². The highest BCUT2D eigenvalue weighted by Crippen LogP contribution is 2.24. The average molecular weight is 269 g/mol. The van der Waals surface area contributed by atoms with Crippen molar-refractivity contribution in [1.82, 2.24) is 20.2 Å². The molecule has 0 bridgehead atoms. The molecule has 1 N–H and O–H groups in total. The third kappa shape index (κ3) is 2.40. The molecule has 6 heteroatoms. The number of aromatic nitrogens is 4. The maximum Gasteiger partial charge on any atom is 0.143 e. The van der Waals surface area contributed by atoms with Crippen molar-refractivity contribution in [3.63, 3.8) is 0 Å². The first-order chi connectivity index (χ1) is 9.74. The molecule has 1 aromatic carbocycles. The number of hydrogen-bond donors (Lipinski definition) is 1. The van der Waals surface area contributed by atoms with Gasteiger partial charge in [0.25, 0.3) is 0 Å². The van der Waals surface area contributed by atoms with E-state index in [0.717, 1.165) is 22.7 Å². The van der Waals surface area contributed by atoms with Gasteiger partial charge < -0.3 is 9.73 Å². The molecule has 1 atom stereocenters. The molecule has 0 aliphatic carbocycles. The van der Waals surface area contributed by atoms with Crippen molar-refractivity contribution in [2.24, 2.45) is 0 Å². The van der Waals surface area contributed by atoms with Crippen LogP contribution in [0.15, 0.2) is 47.3 Å². The van der Waals surface area contributed by atoms with Crippen LogP contribution in [-0.4, -0.2) is 20.2 Å². The Hall–Kier alpha value is -2.63. The summed E-state index contributed by atoms with van der Waals surface area (Å²) in [6, 6.07) is 9.97. The summed E-state index contributed by atoms with van der Waals surface area (Å²) in [4.78, 5) is 0. The predicted octanol–water partition coefficient (Wildman–Crippen LogP) is 2.74. The van der Waals surface area contributed by atoms with Crippen molar-refractivity contribution < 1.29 is 4.42 Å². The summed E-state index contributed by atoms with van der Waals surface area (Å²) in [6.07, 6.45) is 3.25. The largest absolute Gasteiger partial charge is 0.467 e. The van der Waals surface area contributed by atoms with E-state index in [1.807, 2.05) is 30.3 Å². The molecular weight excluding hydrogens is 254 g/mol. The van der Waals surface area contributed by atoms with Crippen LogP contribution in [0, 0.1) is 6.92 Å². The molecule has 0 radical (unpaired) electrons. The van der Waals surface area contributed by atoms with E-state index in [4.69, 9.17) is 4.42 Å². The van der Waals surface area contributed by atoms with E-state index in [1.54, 1.807) is 17.3 Å². The van der Waals surface area contributed by atoms with Gasteiger partial charge in [-0.05, 0) is 54.1 Å². The number of hydrogen-bond acceptors (Lipinski definition) is 5. The molecule has 0 saturated carbocycles. The Morgan fingerprint density at radius 3 is 2.90 bits per heavy atom. The first-order valence-electron chi connectivity index (χ1n) is 6.38. The highest BCUT2D eigenvalue weighted by atomic mass is 16.3. The van der Waals surface area contributed by atoms with Gasteiger partial charge in [0.05, 0.1) is 18.0 Å². The lowest BCUT2D eigenvalue weighted by atomic mass is 10.1. The highest BCUT2D eigenvalue weighted by Gasteiger charge is 2.10. The number of nitrogens with zero attached hydrogens (tertiary/aromatic N) is 4. The summed E-state index contributed by atoms with van der Waals surface area (Å²) in [5.41, 5.74) is 3.09. The Morgan fingerprint density at radius 1 is 1.30 bits per heavy atom. The van der Waals surface area contributed by atoms with Crippen molar-refractivity contribution in [3.05, 3.63) is 54.2 Å². The smallest absolute Gasteiger partial charge is 0.143 e. The van der Waals surface area contributed by atoms with Crippen LogP contribution >= 0.6 is 0 Å². The van der Waals surface area contributed by atoms with Crippen LogP contribution in [0.3, 0.4) is 0 Å². The third-order valence-electron chi connectivity index (χ3n) is 3.18. The molecule has 102 valence electrons. The average Bonchev–Trinajstić information content (AvgIpc) is 3.14. The van der Waals surface area contributed by atoms with Crippen LogP contribution in [0.4, 0.5) is 5.69 Å². The number of anilines is 1. The lowest BCUT2D eigenvalue weighted by Gasteiger charge is -2.16. The molecule has 0 spiro atoms. The number of tetrazole rings is 1. The summed E-state index contributed by atoms with van der Waals surface area (Å²) in [5.74, 6) is 0.900. The van der Waals surface area contributed by atoms with Gasteiger partial charge in [0.15, 0.2) is 0 Å². The molecule has 0 fully saturated rings. The second-order valence-corrected chi connectivity index (χ2v) is 4.64. The van der Waals surface area contributed by atoms with Gasteiger partial charge in [-0.1, -0.05) is 6.07 Å². The Labute approximate surface area is 116 Å². The Morgan fingerprint density at radius 2 is 2.20 bits per heavy atom. The first-order valence-corrected chi connectivity index (χ1v) is 6.38. The molecule has 3 rings (SSSR count). The molecule has 0 saturated heterocycles. The predicted molar refractivity (Wildman–Crippen MR) is 74.6 cm³/mol. The second-order valence-electron chi connectivity index (χ2n) is 4.64. The molecular formula is C14H15N5O. The van der Waals surface area contributed by atoms with Gasteiger partial charge in [-0.15, -0.1) is 5.10 Å². The minimum atomic E-state index is 0.0906. The summed E-state index contributed by atoms with van der Waals surface area (Å²) in [5, 5.41) is 14.6. The third-order valence-corrected chi connectivity index (χ3v) is 3.18. The molecule has 1 unspecified atom stereocenters. The van der Waals surface area contributed by atoms with E-state index in [9.17, 15) is 0 Å². The number of benzene rings is 1. The number of aryl methyl sites for hydroxylation is 1. The van der Waals surface area contributed by atoms with Crippen molar-refractivity contribution in [2.75, 3.05) is 5.32 Å². The SMILES string of the molecule is Cc1ccc(-n2cnnn2)cc1NC(C)c1ccco1. The van der Waals surface area contributed by atoms with E-state index < -0.39 is 0 Å². The van der Waals surface area contributed by atoms with Crippen LogP contribution in [0.2, 0.25) is 0 Å². The molecule has 2 aromatic heterocycles. The lowest BCUT2D eigenvalue weighted by Crippen LogP contribution is -2.07. The Balaban J connectivity index is 1.87. The zero-order valence-corrected chi connectivity index (χ0v) is 11.3. The molecule has 3 aromatic rings. The maximum atomic E-state index is 5.41. The summed E-state index contributed by atoms with van der Waals surface area (Å²) in [6.45, 7) is 4.11. The molecule has 0 aliphatic rings. The number of rotatable bonds is 4. The minimum absolute atomic E-state index is 0.0906. The number of nitrogens with one attached hydrogen (secondary N) is 1. The van der Waals surface area contributed by atoms with Gasteiger partial charge >= 0.3 is 0 Å². The van der Waals surface area contributed by atoms with E-state index >= 15 is 0 Å². The van der Waals surface area contributed by atoms with Gasteiger partial charge in [0.1, 0.15) is 12.1 Å². The van der Waals surface area contributed by atoms with Gasteiger partial charge in [-0.3, -0.25) is 0 Å². The van der Waals surface area contributed by atoms with E-state index in [-0.39, 0.29) is 6.04 Å². The second kappa shape index (κ2) is 5.16. The van der Waals surface area contributed by atoms with Crippen molar-refractivity contribution in [2.45, 2.75) is 19.9 Å². The first kappa shape index (κ1) is 12.4. The topological polar surface area (TPSA) is 68.8 Å². The number of furan rings is 1. The fourth-order valence-electron chi connectivity index (χ4n) is 2.03. The molecule has 20 heavy (non-hydrogen) atoms. The van der Waals surface area contributed by atoms with E-state index in [2.05, 4.69) is 34.7 Å². The van der Waals surface area contributed by atoms with Gasteiger partial charge in [-0.2, -0.15) is 0 Å². The van der Waals surface area contributed by atoms with Crippen LogP contribution < -0.4 is 5.32 Å². The highest BCUT2D eigenvalue weighted by molar-refractivity contribution is 5.57. The standard InChI is InChI=1S/C14H15N5O/c1-10-5-6-12(19-9-15-17-18-19)8-13(10)16-11(2)14-4-3-7-20-14/h3-9,11,16H,1-2H3. The monoisotopic (exact) mass is 269 g/mol. The lowest BCUT2D eigenvalue weighted by molar-refractivity contribution is 0.490. The Kier molecular flexibility index (Phi) is 3.20. The van der Waals surface area contributed by atoms with Crippen molar-refractivity contribution in [1.29, 1.82) is 0 Å². The van der Waals surface area contributed by atoms with E-state index in [0.29, 0.717) is 0 Å². The summed E-state index contributed by atoms with van der Waals surface area (Å²) >= 11 is 0. The molecule has 6 nitrogen and oxygen atoms in total. The minimum Gasteiger partial charge on any atom is -0.467 e. The van der Waals surface area contributed by atoms with Crippen LogP contribution in [0.25, 0.3) is 5.69 Å². The summed E-state index contributed by atoms with van der Waals surface area (Å²) < 4.78 is 7.04.